The predicted molar refractivity (Wildman–Crippen MR) is 56.5 cm³/mol. The normalized spacial score (nSPS) is 10.9. The van der Waals surface area contributed by atoms with Crippen molar-refractivity contribution in [2.75, 3.05) is 0 Å². The third-order valence-electron chi connectivity index (χ3n) is 2.55. The molecule has 0 atom stereocenters. The summed E-state index contributed by atoms with van der Waals surface area (Å²) in [6, 6.07) is 6.02. The fraction of sp³-hybridized carbons (Fsp3) is 0.167. The molecule has 0 aliphatic carbocycles. The van der Waals surface area contributed by atoms with Crippen molar-refractivity contribution in [2.45, 2.75) is 13.5 Å². The Kier molecular flexibility index (Phi) is 2.40. The Morgan fingerprint density at radius 3 is 2.07 bits per heavy atom. The molecule has 0 saturated heterocycles. The first-order valence-electron chi connectivity index (χ1n) is 4.70. The predicted octanol–water partition coefficient (Wildman–Crippen LogP) is 2.89. The van der Waals surface area contributed by atoms with Crippen molar-refractivity contribution in [2.24, 2.45) is 5.73 Å². The average Bonchev–Trinajstić information content (AvgIpc) is 2.20. The molecule has 2 rings (SSSR count). The zero-order chi connectivity index (χ0) is 11.0. The molecule has 2 aromatic rings. The molecule has 0 heterocycles. The Bertz CT molecular complexity index is 521. The van der Waals surface area contributed by atoms with E-state index < -0.39 is 11.6 Å². The van der Waals surface area contributed by atoms with E-state index in [1.807, 2.05) is 13.0 Å². The monoisotopic (exact) mass is 207 g/mol. The summed E-state index contributed by atoms with van der Waals surface area (Å²) in [4.78, 5) is 0. The van der Waals surface area contributed by atoms with Crippen LogP contribution in [0.2, 0.25) is 0 Å². The summed E-state index contributed by atoms with van der Waals surface area (Å²) in [5.74, 6) is -1.64. The lowest BCUT2D eigenvalue weighted by atomic mass is 10.0. The van der Waals surface area contributed by atoms with Gasteiger partial charge in [0.2, 0.25) is 0 Å². The molecule has 0 bridgehead atoms. The summed E-state index contributed by atoms with van der Waals surface area (Å²) < 4.78 is 25.9. The molecule has 0 radical (unpaired) electrons. The Morgan fingerprint density at radius 2 is 1.53 bits per heavy atom. The van der Waals surface area contributed by atoms with E-state index in [-0.39, 0.29) is 0 Å². The van der Waals surface area contributed by atoms with Crippen molar-refractivity contribution >= 4 is 10.8 Å². The second kappa shape index (κ2) is 3.59. The average molecular weight is 207 g/mol. The van der Waals surface area contributed by atoms with E-state index >= 15 is 0 Å². The molecule has 0 fully saturated rings. The summed E-state index contributed by atoms with van der Waals surface area (Å²) in [5.41, 5.74) is 7.49. The molecule has 0 aromatic heterocycles. The highest BCUT2D eigenvalue weighted by Gasteiger charge is 2.06. The highest BCUT2D eigenvalue weighted by atomic mass is 19.2. The van der Waals surface area contributed by atoms with Crippen LogP contribution in [0.1, 0.15) is 11.1 Å². The Balaban J connectivity index is 2.76. The minimum atomic E-state index is -0.825. The molecule has 0 spiro atoms. The van der Waals surface area contributed by atoms with Crippen LogP contribution in [0, 0.1) is 18.6 Å². The first-order chi connectivity index (χ1) is 7.11. The van der Waals surface area contributed by atoms with Crippen LogP contribution in [-0.4, -0.2) is 0 Å². The maximum atomic E-state index is 13.0. The van der Waals surface area contributed by atoms with Gasteiger partial charge in [-0.25, -0.2) is 8.78 Å². The summed E-state index contributed by atoms with van der Waals surface area (Å²) in [6.45, 7) is 2.31. The molecular formula is C12H11F2N. The van der Waals surface area contributed by atoms with E-state index in [4.69, 9.17) is 5.73 Å². The maximum Gasteiger partial charge on any atom is 0.159 e. The molecule has 0 aliphatic rings. The van der Waals surface area contributed by atoms with Crippen LogP contribution in [0.15, 0.2) is 24.3 Å². The lowest BCUT2D eigenvalue weighted by Gasteiger charge is -2.06. The van der Waals surface area contributed by atoms with E-state index in [0.29, 0.717) is 17.3 Å². The molecule has 78 valence electrons. The van der Waals surface area contributed by atoms with Crippen molar-refractivity contribution in [1.29, 1.82) is 0 Å². The van der Waals surface area contributed by atoms with Gasteiger partial charge in [0, 0.05) is 6.54 Å². The van der Waals surface area contributed by atoms with Gasteiger partial charge in [-0.05, 0) is 47.0 Å². The van der Waals surface area contributed by atoms with Crippen molar-refractivity contribution in [3.05, 3.63) is 47.0 Å². The van der Waals surface area contributed by atoms with Crippen LogP contribution in [0.4, 0.5) is 8.78 Å². The molecule has 2 N–H and O–H groups in total. The molecule has 0 unspecified atom stereocenters. The van der Waals surface area contributed by atoms with Gasteiger partial charge in [0.1, 0.15) is 0 Å². The smallest absolute Gasteiger partial charge is 0.159 e. The van der Waals surface area contributed by atoms with Crippen LogP contribution in [0.25, 0.3) is 10.8 Å². The summed E-state index contributed by atoms with van der Waals surface area (Å²) in [5, 5.41) is 1.38. The molecule has 1 nitrogen and oxygen atoms in total. The van der Waals surface area contributed by atoms with Gasteiger partial charge in [-0.15, -0.1) is 0 Å². The van der Waals surface area contributed by atoms with Crippen molar-refractivity contribution in [1.82, 2.24) is 0 Å². The van der Waals surface area contributed by atoms with E-state index in [1.165, 1.54) is 12.1 Å². The van der Waals surface area contributed by atoms with Crippen LogP contribution in [-0.2, 0) is 6.54 Å². The maximum absolute atomic E-state index is 13.0. The second-order valence-electron chi connectivity index (χ2n) is 3.60. The number of aryl methyl sites for hydroxylation is 1. The topological polar surface area (TPSA) is 26.0 Å². The Morgan fingerprint density at radius 1 is 1.00 bits per heavy atom. The summed E-state index contributed by atoms with van der Waals surface area (Å²) in [7, 11) is 0. The van der Waals surface area contributed by atoms with Gasteiger partial charge in [0.25, 0.3) is 0 Å². The van der Waals surface area contributed by atoms with Gasteiger partial charge in [-0.3, -0.25) is 0 Å². The Hall–Kier alpha value is -1.48. The number of halogens is 2. The third kappa shape index (κ3) is 1.70. The van der Waals surface area contributed by atoms with Crippen molar-refractivity contribution in [3.63, 3.8) is 0 Å². The summed E-state index contributed by atoms with van der Waals surface area (Å²) in [6.07, 6.45) is 0. The molecule has 0 saturated carbocycles. The SMILES string of the molecule is Cc1cc2cc(F)c(F)cc2cc1CN. The minimum absolute atomic E-state index is 0.404. The fourth-order valence-electron chi connectivity index (χ4n) is 1.68. The quantitative estimate of drug-likeness (QED) is 0.764. The van der Waals surface area contributed by atoms with Crippen molar-refractivity contribution < 1.29 is 8.78 Å². The van der Waals surface area contributed by atoms with Crippen LogP contribution in [0.3, 0.4) is 0 Å². The van der Waals surface area contributed by atoms with Gasteiger partial charge in [0.05, 0.1) is 0 Å². The first-order valence-corrected chi connectivity index (χ1v) is 4.70. The van der Waals surface area contributed by atoms with Gasteiger partial charge < -0.3 is 5.73 Å². The van der Waals surface area contributed by atoms with E-state index in [9.17, 15) is 8.78 Å². The lowest BCUT2D eigenvalue weighted by molar-refractivity contribution is 0.511. The summed E-state index contributed by atoms with van der Waals surface area (Å²) >= 11 is 0. The number of benzene rings is 2. The van der Waals surface area contributed by atoms with Gasteiger partial charge in [0.15, 0.2) is 11.6 Å². The highest BCUT2D eigenvalue weighted by molar-refractivity contribution is 5.84. The second-order valence-corrected chi connectivity index (χ2v) is 3.60. The van der Waals surface area contributed by atoms with Gasteiger partial charge >= 0.3 is 0 Å². The number of hydrogen-bond acceptors (Lipinski definition) is 1. The van der Waals surface area contributed by atoms with E-state index in [1.54, 1.807) is 6.07 Å². The molecule has 0 aliphatic heterocycles. The minimum Gasteiger partial charge on any atom is -0.326 e. The van der Waals surface area contributed by atoms with E-state index in [2.05, 4.69) is 0 Å². The standard InChI is InChI=1S/C12H11F2N/c1-7-2-8-4-11(13)12(14)5-9(8)3-10(7)6-15/h2-5H,6,15H2,1H3. The number of fused-ring (bicyclic) bond motifs is 1. The van der Waals surface area contributed by atoms with Gasteiger partial charge in [-0.2, -0.15) is 0 Å². The van der Waals surface area contributed by atoms with Crippen LogP contribution < -0.4 is 5.73 Å². The number of hydrogen-bond donors (Lipinski definition) is 1. The van der Waals surface area contributed by atoms with E-state index in [0.717, 1.165) is 11.1 Å². The highest BCUT2D eigenvalue weighted by Crippen LogP contribution is 2.22. The zero-order valence-electron chi connectivity index (χ0n) is 8.35. The first kappa shape index (κ1) is 10.1. The van der Waals surface area contributed by atoms with Gasteiger partial charge in [-0.1, -0.05) is 6.07 Å². The fourth-order valence-corrected chi connectivity index (χ4v) is 1.68. The zero-order valence-corrected chi connectivity index (χ0v) is 8.35. The molecule has 2 aromatic carbocycles. The lowest BCUT2D eigenvalue weighted by Crippen LogP contribution is -1.99. The number of rotatable bonds is 1. The van der Waals surface area contributed by atoms with Crippen molar-refractivity contribution in [3.8, 4) is 0 Å². The Labute approximate surface area is 86.5 Å². The molecule has 0 amide bonds. The molecular weight excluding hydrogens is 196 g/mol. The molecule has 15 heavy (non-hydrogen) atoms. The van der Waals surface area contributed by atoms with Crippen LogP contribution in [0.5, 0.6) is 0 Å². The molecule has 3 heteroatoms. The third-order valence-corrected chi connectivity index (χ3v) is 2.55. The largest absolute Gasteiger partial charge is 0.326 e. The number of nitrogens with two attached hydrogens (primary N) is 1. The van der Waals surface area contributed by atoms with Crippen LogP contribution >= 0.6 is 0 Å².